The summed E-state index contributed by atoms with van der Waals surface area (Å²) in [5, 5.41) is 0. The van der Waals surface area contributed by atoms with E-state index in [-0.39, 0.29) is 23.4 Å². The molecule has 1 aliphatic carbocycles. The molecule has 116 valence electrons. The van der Waals surface area contributed by atoms with Crippen LogP contribution in [0.5, 0.6) is 5.75 Å². The molecule has 0 aromatic carbocycles. The minimum atomic E-state index is -0.588. The van der Waals surface area contributed by atoms with Gasteiger partial charge in [0, 0.05) is 6.20 Å². The molecule has 0 N–H and O–H groups in total. The van der Waals surface area contributed by atoms with Crippen LogP contribution in [0.3, 0.4) is 0 Å². The second-order valence-corrected chi connectivity index (χ2v) is 5.41. The van der Waals surface area contributed by atoms with Crippen LogP contribution >= 0.6 is 0 Å². The number of hydrogen-bond donors (Lipinski definition) is 0. The van der Waals surface area contributed by atoms with Crippen LogP contribution in [-0.2, 0) is 9.53 Å². The molecular formula is C16H23NO4. The van der Waals surface area contributed by atoms with Gasteiger partial charge in [-0.25, -0.2) is 4.79 Å². The van der Waals surface area contributed by atoms with Crippen LogP contribution in [0.4, 0.5) is 0 Å². The standard InChI is InChI=1S/C16H23NO4/c1-3-13(16(19)21-12-8-5-4-6-9-12)17-11-7-10-14(20-2)15(17)18/h7,10-13H,3-6,8-9H2,1-2H3. The van der Waals surface area contributed by atoms with E-state index >= 15 is 0 Å². The average molecular weight is 293 g/mol. The number of carbonyl (C=O) groups excluding carboxylic acids is 1. The second kappa shape index (κ2) is 7.29. The Labute approximate surface area is 124 Å². The summed E-state index contributed by atoms with van der Waals surface area (Å²) >= 11 is 0. The van der Waals surface area contributed by atoms with Crippen LogP contribution < -0.4 is 10.3 Å². The quantitative estimate of drug-likeness (QED) is 0.783. The Morgan fingerprint density at radius 2 is 2.10 bits per heavy atom. The van der Waals surface area contributed by atoms with Crippen molar-refractivity contribution in [3.8, 4) is 5.75 Å². The topological polar surface area (TPSA) is 57.5 Å². The van der Waals surface area contributed by atoms with Gasteiger partial charge in [0.15, 0.2) is 5.75 Å². The van der Waals surface area contributed by atoms with Gasteiger partial charge >= 0.3 is 5.97 Å². The number of methoxy groups -OCH3 is 1. The zero-order valence-electron chi connectivity index (χ0n) is 12.7. The largest absolute Gasteiger partial charge is 0.491 e. The van der Waals surface area contributed by atoms with Crippen molar-refractivity contribution < 1.29 is 14.3 Å². The van der Waals surface area contributed by atoms with Crippen molar-refractivity contribution in [2.75, 3.05) is 7.11 Å². The summed E-state index contributed by atoms with van der Waals surface area (Å²) in [4.78, 5) is 24.6. The highest BCUT2D eigenvalue weighted by molar-refractivity contribution is 5.74. The Bertz CT molecular complexity index is 531. The molecule has 0 saturated heterocycles. The molecule has 1 aromatic heterocycles. The number of esters is 1. The van der Waals surface area contributed by atoms with E-state index in [1.807, 2.05) is 6.92 Å². The lowest BCUT2D eigenvalue weighted by Gasteiger charge is -2.25. The number of pyridine rings is 1. The van der Waals surface area contributed by atoms with Gasteiger partial charge in [0.2, 0.25) is 0 Å². The first-order chi connectivity index (χ1) is 10.2. The SMILES string of the molecule is CCC(C(=O)OC1CCCCC1)n1cccc(OC)c1=O. The van der Waals surface area contributed by atoms with E-state index in [1.54, 1.807) is 18.3 Å². The van der Waals surface area contributed by atoms with Crippen LogP contribution in [0.15, 0.2) is 23.1 Å². The van der Waals surface area contributed by atoms with Gasteiger partial charge in [-0.3, -0.25) is 9.36 Å². The van der Waals surface area contributed by atoms with E-state index < -0.39 is 6.04 Å². The lowest BCUT2D eigenvalue weighted by Crippen LogP contribution is -2.33. The van der Waals surface area contributed by atoms with Crippen molar-refractivity contribution in [3.05, 3.63) is 28.7 Å². The summed E-state index contributed by atoms with van der Waals surface area (Å²) in [5.74, 6) is -0.0823. The predicted molar refractivity (Wildman–Crippen MR) is 79.5 cm³/mol. The highest BCUT2D eigenvalue weighted by Gasteiger charge is 2.26. The van der Waals surface area contributed by atoms with E-state index in [1.165, 1.54) is 18.1 Å². The molecule has 0 aliphatic heterocycles. The van der Waals surface area contributed by atoms with Crippen LogP contribution in [0.25, 0.3) is 0 Å². The molecule has 0 spiro atoms. The summed E-state index contributed by atoms with van der Waals surface area (Å²) < 4.78 is 12.0. The van der Waals surface area contributed by atoms with Crippen molar-refractivity contribution in [1.29, 1.82) is 0 Å². The van der Waals surface area contributed by atoms with Gasteiger partial charge in [-0.05, 0) is 44.2 Å². The number of carbonyl (C=O) groups is 1. The van der Waals surface area contributed by atoms with Gasteiger partial charge in [0.1, 0.15) is 12.1 Å². The summed E-state index contributed by atoms with van der Waals surface area (Å²) in [7, 11) is 1.45. The molecular weight excluding hydrogens is 270 g/mol. The maximum Gasteiger partial charge on any atom is 0.329 e. The lowest BCUT2D eigenvalue weighted by molar-refractivity contribution is -0.154. The second-order valence-electron chi connectivity index (χ2n) is 5.41. The van der Waals surface area contributed by atoms with Crippen molar-refractivity contribution >= 4 is 5.97 Å². The summed E-state index contributed by atoms with van der Waals surface area (Å²) in [6.07, 6.45) is 7.40. The molecule has 1 saturated carbocycles. The zero-order valence-corrected chi connectivity index (χ0v) is 12.7. The van der Waals surface area contributed by atoms with E-state index in [9.17, 15) is 9.59 Å². The van der Waals surface area contributed by atoms with E-state index in [0.29, 0.717) is 6.42 Å². The third kappa shape index (κ3) is 3.65. The van der Waals surface area contributed by atoms with E-state index in [4.69, 9.17) is 9.47 Å². The van der Waals surface area contributed by atoms with Gasteiger partial charge in [-0.1, -0.05) is 13.3 Å². The van der Waals surface area contributed by atoms with Crippen molar-refractivity contribution in [2.24, 2.45) is 0 Å². The van der Waals surface area contributed by atoms with Crippen molar-refractivity contribution in [3.63, 3.8) is 0 Å². The van der Waals surface area contributed by atoms with Crippen LogP contribution in [0, 0.1) is 0 Å². The fraction of sp³-hybridized carbons (Fsp3) is 0.625. The maximum atomic E-state index is 12.4. The Morgan fingerprint density at radius 1 is 1.38 bits per heavy atom. The molecule has 5 nitrogen and oxygen atoms in total. The zero-order chi connectivity index (χ0) is 15.2. The summed E-state index contributed by atoms with van der Waals surface area (Å²) in [6, 6.07) is 2.71. The smallest absolute Gasteiger partial charge is 0.329 e. The molecule has 0 radical (unpaired) electrons. The molecule has 21 heavy (non-hydrogen) atoms. The molecule has 1 unspecified atom stereocenters. The van der Waals surface area contributed by atoms with Gasteiger partial charge in [0.05, 0.1) is 7.11 Å². The third-order valence-electron chi connectivity index (χ3n) is 3.99. The van der Waals surface area contributed by atoms with Crippen molar-refractivity contribution in [1.82, 2.24) is 4.57 Å². The van der Waals surface area contributed by atoms with Gasteiger partial charge in [-0.2, -0.15) is 0 Å². The molecule has 1 aromatic rings. The number of nitrogens with zero attached hydrogens (tertiary/aromatic N) is 1. The summed E-state index contributed by atoms with van der Waals surface area (Å²) in [5.41, 5.74) is -0.299. The third-order valence-corrected chi connectivity index (χ3v) is 3.99. The molecule has 0 amide bonds. The molecule has 5 heteroatoms. The Hall–Kier alpha value is -1.78. The van der Waals surface area contributed by atoms with E-state index in [2.05, 4.69) is 0 Å². The molecule has 1 heterocycles. The maximum absolute atomic E-state index is 12.4. The molecule has 2 rings (SSSR count). The summed E-state index contributed by atoms with van der Waals surface area (Å²) in [6.45, 7) is 1.87. The van der Waals surface area contributed by atoms with Gasteiger partial charge in [0.25, 0.3) is 5.56 Å². The number of aromatic nitrogens is 1. The number of hydrogen-bond acceptors (Lipinski definition) is 4. The molecule has 1 aliphatic rings. The average Bonchev–Trinajstić information content (AvgIpc) is 2.50. The van der Waals surface area contributed by atoms with Gasteiger partial charge in [-0.15, -0.1) is 0 Å². The van der Waals surface area contributed by atoms with Crippen molar-refractivity contribution in [2.45, 2.75) is 57.6 Å². The first kappa shape index (κ1) is 15.6. The van der Waals surface area contributed by atoms with Crippen LogP contribution in [0.1, 0.15) is 51.5 Å². The van der Waals surface area contributed by atoms with Crippen LogP contribution in [0.2, 0.25) is 0 Å². The van der Waals surface area contributed by atoms with Gasteiger partial charge < -0.3 is 9.47 Å². The van der Waals surface area contributed by atoms with Crippen LogP contribution in [-0.4, -0.2) is 23.8 Å². The highest BCUT2D eigenvalue weighted by atomic mass is 16.5. The molecule has 0 bridgehead atoms. The Morgan fingerprint density at radius 3 is 2.71 bits per heavy atom. The first-order valence-electron chi connectivity index (χ1n) is 7.63. The monoisotopic (exact) mass is 293 g/mol. The predicted octanol–water partition coefficient (Wildman–Crippen LogP) is 2.68. The highest BCUT2D eigenvalue weighted by Crippen LogP contribution is 2.23. The fourth-order valence-corrected chi connectivity index (χ4v) is 2.79. The minimum Gasteiger partial charge on any atom is -0.491 e. The van der Waals surface area contributed by atoms with E-state index in [0.717, 1.165) is 25.7 Å². The minimum absolute atomic E-state index is 0.00149. The Balaban J connectivity index is 2.15. The number of ether oxygens (including phenoxy) is 2. The lowest BCUT2D eigenvalue weighted by atomic mass is 9.98. The fourth-order valence-electron chi connectivity index (χ4n) is 2.79. The first-order valence-corrected chi connectivity index (χ1v) is 7.63. The molecule has 1 fully saturated rings. The number of rotatable bonds is 5. The Kier molecular flexibility index (Phi) is 5.42. The molecule has 1 atom stereocenters. The normalized spacial score (nSPS) is 17.2.